The molecule has 1 unspecified atom stereocenters. The number of pyridine rings is 1. The summed E-state index contributed by atoms with van der Waals surface area (Å²) in [5.41, 5.74) is 9.73. The van der Waals surface area contributed by atoms with Gasteiger partial charge < -0.3 is 0 Å². The quantitative estimate of drug-likeness (QED) is 0.716. The second kappa shape index (κ2) is 5.92. The molecule has 1 aliphatic heterocycles. The Hall–Kier alpha value is -2.81. The number of nitriles is 1. The highest BCUT2D eigenvalue weighted by Crippen LogP contribution is 2.34. The van der Waals surface area contributed by atoms with Gasteiger partial charge in [-0.15, -0.1) is 0 Å². The molecule has 0 saturated heterocycles. The van der Waals surface area contributed by atoms with Crippen molar-refractivity contribution >= 4 is 38.6 Å². The summed E-state index contributed by atoms with van der Waals surface area (Å²) in [5, 5.41) is 9.94. The van der Waals surface area contributed by atoms with Gasteiger partial charge in [0.25, 0.3) is 0 Å². The summed E-state index contributed by atoms with van der Waals surface area (Å²) in [6, 6.07) is 17.7. The number of hydrogen-bond acceptors (Lipinski definition) is 4. The second-order valence-corrected chi connectivity index (χ2v) is 6.82. The van der Waals surface area contributed by atoms with Crippen LogP contribution in [0.4, 0.5) is 0 Å². The molecular formula is C20H13BrN4. The Bertz CT molecular complexity index is 1090. The molecule has 25 heavy (non-hydrogen) atoms. The zero-order valence-corrected chi connectivity index (χ0v) is 14.7. The normalized spacial score (nSPS) is 19.0. The van der Waals surface area contributed by atoms with Crippen molar-refractivity contribution < 1.29 is 0 Å². The van der Waals surface area contributed by atoms with Gasteiger partial charge in [0.1, 0.15) is 6.07 Å². The Balaban J connectivity index is 1.84. The fourth-order valence-corrected chi connectivity index (χ4v) is 3.41. The predicted octanol–water partition coefficient (Wildman–Crippen LogP) is 4.15. The van der Waals surface area contributed by atoms with Gasteiger partial charge in [0.05, 0.1) is 11.1 Å². The van der Waals surface area contributed by atoms with Crippen LogP contribution < -0.4 is 5.73 Å². The number of hydrogen-bond donors (Lipinski definition) is 1. The molecule has 0 saturated carbocycles. The number of halogens is 1. The van der Waals surface area contributed by atoms with Crippen molar-refractivity contribution in [2.45, 2.75) is 5.66 Å². The maximum Gasteiger partial charge on any atom is 0.155 e. The lowest BCUT2D eigenvalue weighted by Crippen LogP contribution is -2.31. The maximum atomic E-state index is 9.06. The van der Waals surface area contributed by atoms with Crippen molar-refractivity contribution in [3.63, 3.8) is 0 Å². The molecule has 3 aromatic rings. The van der Waals surface area contributed by atoms with Crippen molar-refractivity contribution in [2.24, 2.45) is 10.7 Å². The molecular weight excluding hydrogens is 376 g/mol. The first-order chi connectivity index (χ1) is 12.1. The monoisotopic (exact) mass is 388 g/mol. The highest BCUT2D eigenvalue weighted by atomic mass is 79.9. The predicted molar refractivity (Wildman–Crippen MR) is 103 cm³/mol. The number of nitrogens with two attached hydrogens (primary N) is 1. The molecule has 4 rings (SSSR count). The molecule has 4 nitrogen and oxygen atoms in total. The number of benzene rings is 2. The summed E-state index contributed by atoms with van der Waals surface area (Å²) in [4.78, 5) is 9.00. The number of para-hydroxylation sites is 1. The third-order valence-corrected chi connectivity index (χ3v) is 4.72. The van der Waals surface area contributed by atoms with Crippen LogP contribution in [0.1, 0.15) is 16.7 Å². The molecule has 1 aromatic heterocycles. The fourth-order valence-electron chi connectivity index (χ4n) is 3.01. The number of allylic oxidation sites excluding steroid dienone is 1. The van der Waals surface area contributed by atoms with Gasteiger partial charge in [-0.05, 0) is 35.4 Å². The Labute approximate surface area is 153 Å². The third kappa shape index (κ3) is 2.76. The van der Waals surface area contributed by atoms with E-state index >= 15 is 0 Å². The highest BCUT2D eigenvalue weighted by Gasteiger charge is 2.30. The molecule has 0 bridgehead atoms. The standard InChI is InChI=1S/C20H13BrN4/c21-17-5-1-3-14(8-17)16-9-20(23,25-12-16)18-6-2-4-15-7-13(10-22)11-24-19(15)18/h1-9,11-12H,23H2. The van der Waals surface area contributed by atoms with Crippen LogP contribution in [-0.2, 0) is 5.66 Å². The number of rotatable bonds is 2. The molecule has 0 spiro atoms. The third-order valence-electron chi connectivity index (χ3n) is 4.22. The van der Waals surface area contributed by atoms with Crippen LogP contribution in [0.2, 0.25) is 0 Å². The van der Waals surface area contributed by atoms with Gasteiger partial charge in [-0.25, -0.2) is 0 Å². The largest absolute Gasteiger partial charge is 0.300 e. The van der Waals surface area contributed by atoms with Gasteiger partial charge in [-0.2, -0.15) is 5.26 Å². The first-order valence-electron chi connectivity index (χ1n) is 7.71. The van der Waals surface area contributed by atoms with E-state index in [0.717, 1.165) is 32.1 Å². The van der Waals surface area contributed by atoms with E-state index in [9.17, 15) is 0 Å². The Kier molecular flexibility index (Phi) is 3.72. The smallest absolute Gasteiger partial charge is 0.155 e. The summed E-state index contributed by atoms with van der Waals surface area (Å²) in [6.07, 6.45) is 5.31. The molecule has 2 N–H and O–H groups in total. The van der Waals surface area contributed by atoms with Gasteiger partial charge in [-0.3, -0.25) is 15.7 Å². The van der Waals surface area contributed by atoms with Crippen LogP contribution in [0.15, 0.2) is 70.3 Å². The van der Waals surface area contributed by atoms with Crippen LogP contribution in [0.25, 0.3) is 16.5 Å². The Morgan fingerprint density at radius 3 is 2.76 bits per heavy atom. The van der Waals surface area contributed by atoms with Gasteiger partial charge in [0, 0.05) is 27.8 Å². The minimum atomic E-state index is -0.974. The van der Waals surface area contributed by atoms with Crippen LogP contribution in [0, 0.1) is 11.3 Å². The van der Waals surface area contributed by atoms with Crippen molar-refractivity contribution in [3.8, 4) is 6.07 Å². The number of fused-ring (bicyclic) bond motifs is 1. The van der Waals surface area contributed by atoms with Crippen molar-refractivity contribution in [1.29, 1.82) is 5.26 Å². The van der Waals surface area contributed by atoms with E-state index in [2.05, 4.69) is 32.0 Å². The molecule has 2 aromatic carbocycles. The summed E-state index contributed by atoms with van der Waals surface area (Å²) in [6.45, 7) is 0. The molecule has 0 fully saturated rings. The zero-order chi connectivity index (χ0) is 17.4. The summed E-state index contributed by atoms with van der Waals surface area (Å²) in [5.74, 6) is 0. The average Bonchev–Trinajstić information content (AvgIpc) is 3.04. The fraction of sp³-hybridized carbons (Fsp3) is 0.0500. The summed E-state index contributed by atoms with van der Waals surface area (Å²) in [7, 11) is 0. The van der Waals surface area contributed by atoms with Crippen LogP contribution >= 0.6 is 15.9 Å². The maximum absolute atomic E-state index is 9.06. The van der Waals surface area contributed by atoms with Crippen molar-refractivity contribution in [2.75, 3.05) is 0 Å². The lowest BCUT2D eigenvalue weighted by molar-refractivity contribution is 0.614. The van der Waals surface area contributed by atoms with E-state index in [0.29, 0.717) is 5.56 Å². The van der Waals surface area contributed by atoms with Crippen molar-refractivity contribution in [3.05, 3.63) is 82.0 Å². The van der Waals surface area contributed by atoms with Crippen LogP contribution in [0.3, 0.4) is 0 Å². The van der Waals surface area contributed by atoms with Gasteiger partial charge >= 0.3 is 0 Å². The van der Waals surface area contributed by atoms with E-state index in [1.54, 1.807) is 12.4 Å². The number of aliphatic imine (C=N–C) groups is 1. The lowest BCUT2D eigenvalue weighted by Gasteiger charge is -2.20. The molecule has 0 radical (unpaired) electrons. The topological polar surface area (TPSA) is 75.1 Å². The van der Waals surface area contributed by atoms with Gasteiger partial charge in [0.2, 0.25) is 0 Å². The SMILES string of the molecule is N#Cc1cnc2c(C3(N)C=C(c4cccc(Br)c4)C=N3)cccc2c1. The Morgan fingerprint density at radius 1 is 1.12 bits per heavy atom. The first-order valence-corrected chi connectivity index (χ1v) is 8.51. The van der Waals surface area contributed by atoms with E-state index in [1.165, 1.54) is 0 Å². The van der Waals surface area contributed by atoms with E-state index in [-0.39, 0.29) is 0 Å². The lowest BCUT2D eigenvalue weighted by atomic mass is 9.95. The molecule has 5 heteroatoms. The second-order valence-electron chi connectivity index (χ2n) is 5.91. The highest BCUT2D eigenvalue weighted by molar-refractivity contribution is 9.10. The molecule has 120 valence electrons. The van der Waals surface area contributed by atoms with E-state index in [1.807, 2.05) is 54.6 Å². The van der Waals surface area contributed by atoms with Gasteiger partial charge in [-0.1, -0.05) is 46.3 Å². The van der Waals surface area contributed by atoms with Crippen molar-refractivity contribution in [1.82, 2.24) is 4.98 Å². The van der Waals surface area contributed by atoms with E-state index in [4.69, 9.17) is 11.0 Å². The average molecular weight is 389 g/mol. The molecule has 2 heterocycles. The number of nitrogens with zero attached hydrogens (tertiary/aromatic N) is 3. The van der Waals surface area contributed by atoms with Crippen LogP contribution in [-0.4, -0.2) is 11.2 Å². The minimum Gasteiger partial charge on any atom is -0.300 e. The number of aromatic nitrogens is 1. The zero-order valence-electron chi connectivity index (χ0n) is 13.1. The minimum absolute atomic E-state index is 0.524. The van der Waals surface area contributed by atoms with Gasteiger partial charge in [0.15, 0.2) is 5.66 Å². The first kappa shape index (κ1) is 15.7. The molecule has 1 atom stereocenters. The summed E-state index contributed by atoms with van der Waals surface area (Å²) >= 11 is 3.49. The van der Waals surface area contributed by atoms with Crippen LogP contribution in [0.5, 0.6) is 0 Å². The molecule has 1 aliphatic rings. The molecule has 0 amide bonds. The molecule has 0 aliphatic carbocycles. The summed E-state index contributed by atoms with van der Waals surface area (Å²) < 4.78 is 1.00. The van der Waals surface area contributed by atoms with E-state index < -0.39 is 5.66 Å². The Morgan fingerprint density at radius 2 is 1.96 bits per heavy atom.